The molecule has 3 aromatic heterocycles. The largest absolute Gasteiger partial charge is 0.392 e. The first-order valence-corrected chi connectivity index (χ1v) is 16.8. The Balaban J connectivity index is 1.06. The molecule has 1 aromatic carbocycles. The third kappa shape index (κ3) is 5.47. The van der Waals surface area contributed by atoms with E-state index in [1.54, 1.807) is 24.2 Å². The minimum absolute atomic E-state index is 0.184. The van der Waals surface area contributed by atoms with Gasteiger partial charge in [-0.1, -0.05) is 0 Å². The van der Waals surface area contributed by atoms with Crippen LogP contribution in [0.15, 0.2) is 53.6 Å². The number of aryl methyl sites for hydroxylation is 2. The molecule has 0 spiro atoms. The molecule has 48 heavy (non-hydrogen) atoms. The van der Waals surface area contributed by atoms with Crippen LogP contribution in [0.4, 0.5) is 27.3 Å². The molecule has 250 valence electrons. The number of pyridine rings is 2. The highest BCUT2D eigenvalue weighted by Gasteiger charge is 2.33. The van der Waals surface area contributed by atoms with E-state index in [1.807, 2.05) is 24.4 Å². The lowest BCUT2D eigenvalue weighted by Gasteiger charge is -2.43. The molecule has 4 aliphatic rings. The molecule has 0 bridgehead atoms. The summed E-state index contributed by atoms with van der Waals surface area (Å²) in [6.45, 7) is 6.32. The second-order valence-corrected chi connectivity index (χ2v) is 13.2. The fourth-order valence-corrected chi connectivity index (χ4v) is 7.66. The van der Waals surface area contributed by atoms with E-state index in [9.17, 15) is 14.7 Å². The van der Waals surface area contributed by atoms with Crippen LogP contribution in [0.25, 0.3) is 11.1 Å². The average molecular weight is 654 g/mol. The predicted molar refractivity (Wildman–Crippen MR) is 182 cm³/mol. The number of nitrogens with zero attached hydrogens (tertiary/aromatic N) is 6. The zero-order chi connectivity index (χ0) is 32.9. The van der Waals surface area contributed by atoms with Gasteiger partial charge in [0.2, 0.25) is 0 Å². The summed E-state index contributed by atoms with van der Waals surface area (Å²) in [6.07, 6.45) is 7.24. The molecule has 0 saturated carbocycles. The molecule has 2 fully saturated rings. The van der Waals surface area contributed by atoms with Crippen molar-refractivity contribution in [3.63, 3.8) is 0 Å². The quantitative estimate of drug-likeness (QED) is 0.311. The van der Waals surface area contributed by atoms with Crippen LogP contribution in [0, 0.1) is 5.82 Å². The summed E-state index contributed by atoms with van der Waals surface area (Å²) in [5.74, 6) is -0.212. The van der Waals surface area contributed by atoms with Gasteiger partial charge in [-0.2, -0.15) is 0 Å². The van der Waals surface area contributed by atoms with Crippen LogP contribution in [-0.4, -0.2) is 82.0 Å². The number of aliphatic hydroxyl groups excluding tert-OH is 1. The number of anilines is 4. The fraction of sp³-hybridized carbons (Fsp3) is 0.417. The molecule has 2 N–H and O–H groups in total. The molecule has 0 aliphatic carbocycles. The first-order valence-electron chi connectivity index (χ1n) is 16.8. The van der Waals surface area contributed by atoms with Crippen LogP contribution < -0.4 is 20.7 Å². The molecular formula is C36H40FN7O4. The number of carbonyl (C=O) groups is 1. The van der Waals surface area contributed by atoms with Gasteiger partial charge in [-0.05, 0) is 61.2 Å². The average Bonchev–Trinajstić information content (AvgIpc) is 3.46. The van der Waals surface area contributed by atoms with Gasteiger partial charge in [0.05, 0.1) is 49.0 Å². The van der Waals surface area contributed by atoms with Gasteiger partial charge in [-0.25, -0.2) is 9.37 Å². The highest BCUT2D eigenvalue weighted by atomic mass is 19.1. The Morgan fingerprint density at radius 3 is 2.54 bits per heavy atom. The lowest BCUT2D eigenvalue weighted by Crippen LogP contribution is -2.56. The molecular weight excluding hydrogens is 613 g/mol. The third-order valence-corrected chi connectivity index (χ3v) is 10.4. The van der Waals surface area contributed by atoms with Crippen molar-refractivity contribution in [3.8, 4) is 11.1 Å². The standard InChI is InChI=1S/C36H40FN7O4/c1-40-19-23(14-31(36(40)47)39-34-6-5-26(18-38-34)41-10-12-42(13-11-41)27-21-48-22-27)28-15-24(37)16-33(30(28)20-45)44-9-7-32-29(35(44)46)17-25-4-2-3-8-43(25)32/h5-6,14-19,27,45H,2-4,7-13,20-22H2,1H3,(H,38,39). The minimum atomic E-state index is -0.533. The second-order valence-electron chi connectivity index (χ2n) is 13.2. The summed E-state index contributed by atoms with van der Waals surface area (Å²) in [7, 11) is 1.63. The highest BCUT2D eigenvalue weighted by Crippen LogP contribution is 2.37. The van der Waals surface area contributed by atoms with Crippen LogP contribution in [0.1, 0.15) is 40.2 Å². The number of ether oxygens (including phenoxy) is 1. The number of hydrogen-bond acceptors (Lipinski definition) is 8. The summed E-state index contributed by atoms with van der Waals surface area (Å²) >= 11 is 0. The van der Waals surface area contributed by atoms with Gasteiger partial charge in [-0.15, -0.1) is 0 Å². The number of halogens is 1. The van der Waals surface area contributed by atoms with E-state index >= 15 is 4.39 Å². The number of carbonyl (C=O) groups excluding carboxylic acids is 1. The van der Waals surface area contributed by atoms with Gasteiger partial charge in [0.1, 0.15) is 17.3 Å². The normalized spacial score (nSPS) is 18.4. The Bertz CT molecular complexity index is 1930. The van der Waals surface area contributed by atoms with Crippen LogP contribution >= 0.6 is 0 Å². The van der Waals surface area contributed by atoms with Crippen molar-refractivity contribution < 1.29 is 19.0 Å². The van der Waals surface area contributed by atoms with Crippen molar-refractivity contribution in [3.05, 3.63) is 87.5 Å². The monoisotopic (exact) mass is 653 g/mol. The number of amides is 1. The van der Waals surface area contributed by atoms with E-state index in [1.165, 1.54) is 22.4 Å². The Hall–Kier alpha value is -4.52. The molecule has 4 aromatic rings. The van der Waals surface area contributed by atoms with Crippen LogP contribution in [0.2, 0.25) is 0 Å². The van der Waals surface area contributed by atoms with Gasteiger partial charge in [0.25, 0.3) is 11.5 Å². The number of benzene rings is 1. The summed E-state index contributed by atoms with van der Waals surface area (Å²) in [6, 6.07) is 10.7. The summed E-state index contributed by atoms with van der Waals surface area (Å²) in [5.41, 5.74) is 5.60. The second kappa shape index (κ2) is 12.5. The lowest BCUT2D eigenvalue weighted by molar-refractivity contribution is -0.0660. The molecule has 1 amide bonds. The molecule has 0 atom stereocenters. The van der Waals surface area contributed by atoms with E-state index in [0.717, 1.165) is 76.6 Å². The number of piperazine rings is 1. The SMILES string of the molecule is Cn1cc(-c2cc(F)cc(N3CCc4c(cc5n4CCCC5)C3=O)c2CO)cc(Nc2ccc(N3CCN(C4COC4)CC3)cn2)c1=O. The Kier molecular flexibility index (Phi) is 8.02. The topological polar surface area (TPSA) is 108 Å². The molecule has 0 radical (unpaired) electrons. The van der Waals surface area contributed by atoms with Crippen molar-refractivity contribution in [2.45, 2.75) is 44.9 Å². The van der Waals surface area contributed by atoms with E-state index in [2.05, 4.69) is 24.7 Å². The fourth-order valence-electron chi connectivity index (χ4n) is 7.66. The summed E-state index contributed by atoms with van der Waals surface area (Å²) in [5, 5.41) is 13.8. The maximum absolute atomic E-state index is 15.4. The molecule has 0 unspecified atom stereocenters. The Morgan fingerprint density at radius 2 is 1.81 bits per heavy atom. The van der Waals surface area contributed by atoms with Crippen molar-refractivity contribution in [1.82, 2.24) is 19.0 Å². The minimum Gasteiger partial charge on any atom is -0.392 e. The maximum atomic E-state index is 15.4. The van der Waals surface area contributed by atoms with Gasteiger partial charge < -0.3 is 34.1 Å². The number of aromatic nitrogens is 3. The van der Waals surface area contributed by atoms with E-state index < -0.39 is 12.4 Å². The number of fused-ring (bicyclic) bond motifs is 3. The number of nitrogens with one attached hydrogen (secondary N) is 1. The van der Waals surface area contributed by atoms with Crippen LogP contribution in [0.3, 0.4) is 0 Å². The zero-order valence-corrected chi connectivity index (χ0v) is 27.1. The zero-order valence-electron chi connectivity index (χ0n) is 27.1. The van der Waals surface area contributed by atoms with Crippen molar-refractivity contribution >= 4 is 28.8 Å². The van der Waals surface area contributed by atoms with Crippen molar-refractivity contribution in [1.29, 1.82) is 0 Å². The van der Waals surface area contributed by atoms with Crippen LogP contribution in [-0.2, 0) is 37.8 Å². The van der Waals surface area contributed by atoms with Gasteiger partial charge >= 0.3 is 0 Å². The molecule has 2 saturated heterocycles. The van der Waals surface area contributed by atoms with Gasteiger partial charge in [0.15, 0.2) is 0 Å². The van der Waals surface area contributed by atoms with E-state index in [-0.39, 0.29) is 17.2 Å². The van der Waals surface area contributed by atoms with Crippen LogP contribution in [0.5, 0.6) is 0 Å². The molecule has 7 heterocycles. The molecule has 11 nitrogen and oxygen atoms in total. The summed E-state index contributed by atoms with van der Waals surface area (Å²) < 4.78 is 24.4. The number of hydrogen-bond donors (Lipinski definition) is 2. The summed E-state index contributed by atoms with van der Waals surface area (Å²) in [4.78, 5) is 38.0. The first kappa shape index (κ1) is 30.8. The van der Waals surface area contributed by atoms with Gasteiger partial charge in [0, 0.05) is 81.4 Å². The number of rotatable bonds is 7. The van der Waals surface area contributed by atoms with Crippen molar-refractivity contribution in [2.24, 2.45) is 7.05 Å². The Morgan fingerprint density at radius 1 is 0.979 bits per heavy atom. The Labute approximate surface area is 278 Å². The van der Waals surface area contributed by atoms with Gasteiger partial charge in [-0.3, -0.25) is 14.5 Å². The predicted octanol–water partition coefficient (Wildman–Crippen LogP) is 3.68. The number of aliphatic hydroxyl groups is 1. The van der Waals surface area contributed by atoms with Crippen molar-refractivity contribution in [2.75, 3.05) is 61.1 Å². The lowest BCUT2D eigenvalue weighted by atomic mass is 9.96. The molecule has 4 aliphatic heterocycles. The smallest absolute Gasteiger partial charge is 0.274 e. The van der Waals surface area contributed by atoms with E-state index in [0.29, 0.717) is 52.8 Å². The van der Waals surface area contributed by atoms with E-state index in [4.69, 9.17) is 4.74 Å². The first-order chi connectivity index (χ1) is 23.4. The highest BCUT2D eigenvalue weighted by molar-refractivity contribution is 6.09. The third-order valence-electron chi connectivity index (χ3n) is 10.4. The maximum Gasteiger partial charge on any atom is 0.274 e. The molecule has 8 rings (SSSR count). The molecule has 12 heteroatoms.